The Labute approximate surface area is 188 Å². The van der Waals surface area contributed by atoms with Crippen LogP contribution in [0, 0.1) is 5.92 Å². The average molecular weight is 466 g/mol. The second-order valence-electron chi connectivity index (χ2n) is 7.67. The summed E-state index contributed by atoms with van der Waals surface area (Å²) in [4.78, 5) is 33.8. The zero-order valence-corrected chi connectivity index (χ0v) is 18.0. The number of nitrogens with zero attached hydrogens (tertiary/aromatic N) is 3. The minimum absolute atomic E-state index is 0.189. The van der Waals surface area contributed by atoms with E-state index >= 15 is 0 Å². The standard InChI is InChI=1S/C22H25F3N4O4/c1-2-14(20(26)30)3-4-15-5-6-16(11-27-15)29-10-9-18(21(29)31)33-17-7-8-19(28-12-17)32-13-22(23,24)25/h5-8,11-12,14,18H,2-4,9-10,13H2,1H3,(H2,26,30)/t14?,18-/m1/s1. The van der Waals surface area contributed by atoms with Crippen LogP contribution in [0.5, 0.6) is 11.6 Å². The molecule has 178 valence electrons. The number of carbonyl (C=O) groups excluding carboxylic acids is 2. The van der Waals surface area contributed by atoms with E-state index in [0.717, 1.165) is 5.69 Å². The molecule has 11 heteroatoms. The first kappa shape index (κ1) is 24.3. The van der Waals surface area contributed by atoms with E-state index in [1.54, 1.807) is 17.2 Å². The molecule has 0 saturated carbocycles. The van der Waals surface area contributed by atoms with Crippen molar-refractivity contribution in [2.45, 2.75) is 44.9 Å². The molecule has 1 aliphatic heterocycles. The van der Waals surface area contributed by atoms with Crippen molar-refractivity contribution in [3.8, 4) is 11.6 Å². The molecule has 2 amide bonds. The molecule has 0 aliphatic carbocycles. The zero-order valence-electron chi connectivity index (χ0n) is 18.0. The second kappa shape index (κ2) is 10.5. The highest BCUT2D eigenvalue weighted by atomic mass is 19.4. The molecule has 2 aromatic heterocycles. The first-order valence-corrected chi connectivity index (χ1v) is 10.5. The number of nitrogens with two attached hydrogens (primary N) is 1. The topological polar surface area (TPSA) is 108 Å². The number of hydrogen-bond donors (Lipinski definition) is 1. The van der Waals surface area contributed by atoms with Gasteiger partial charge < -0.3 is 20.1 Å². The molecule has 2 atom stereocenters. The monoisotopic (exact) mass is 466 g/mol. The van der Waals surface area contributed by atoms with Crippen LogP contribution < -0.4 is 20.1 Å². The highest BCUT2D eigenvalue weighted by molar-refractivity contribution is 5.98. The Bertz CT molecular complexity index is 952. The smallest absolute Gasteiger partial charge is 0.422 e. The van der Waals surface area contributed by atoms with Gasteiger partial charge in [-0.05, 0) is 37.5 Å². The number of aromatic nitrogens is 2. The van der Waals surface area contributed by atoms with Crippen LogP contribution >= 0.6 is 0 Å². The summed E-state index contributed by atoms with van der Waals surface area (Å²) >= 11 is 0. The fourth-order valence-corrected chi connectivity index (χ4v) is 3.46. The van der Waals surface area contributed by atoms with Gasteiger partial charge in [0.15, 0.2) is 12.7 Å². The van der Waals surface area contributed by atoms with E-state index in [4.69, 9.17) is 10.5 Å². The molecule has 1 aliphatic rings. The Hall–Kier alpha value is -3.37. The SMILES string of the molecule is CCC(CCc1ccc(N2CC[C@@H](Oc3ccc(OCC(F)(F)F)nc3)C2=O)cn1)C(N)=O. The highest BCUT2D eigenvalue weighted by Gasteiger charge is 2.34. The molecule has 8 nitrogen and oxygen atoms in total. The molecular weight excluding hydrogens is 441 g/mol. The molecule has 1 unspecified atom stereocenters. The summed E-state index contributed by atoms with van der Waals surface area (Å²) in [5, 5.41) is 0. The van der Waals surface area contributed by atoms with Crippen molar-refractivity contribution in [3.63, 3.8) is 0 Å². The van der Waals surface area contributed by atoms with Crippen LogP contribution in [0.25, 0.3) is 0 Å². The maximum atomic E-state index is 12.8. The minimum Gasteiger partial charge on any atom is -0.479 e. The summed E-state index contributed by atoms with van der Waals surface area (Å²) in [5.41, 5.74) is 6.80. The summed E-state index contributed by atoms with van der Waals surface area (Å²) in [6, 6.07) is 6.26. The number of pyridine rings is 2. The molecule has 3 rings (SSSR count). The van der Waals surface area contributed by atoms with E-state index in [1.807, 2.05) is 13.0 Å². The number of rotatable bonds is 10. The van der Waals surface area contributed by atoms with Gasteiger partial charge in [-0.2, -0.15) is 13.2 Å². The molecule has 0 spiro atoms. The van der Waals surface area contributed by atoms with Crippen molar-refractivity contribution >= 4 is 17.5 Å². The number of anilines is 1. The molecule has 1 saturated heterocycles. The van der Waals surface area contributed by atoms with Gasteiger partial charge in [0.25, 0.3) is 5.91 Å². The zero-order chi connectivity index (χ0) is 24.0. The van der Waals surface area contributed by atoms with Gasteiger partial charge in [-0.15, -0.1) is 0 Å². The highest BCUT2D eigenvalue weighted by Crippen LogP contribution is 2.26. The number of hydrogen-bond acceptors (Lipinski definition) is 6. The number of alkyl halides is 3. The predicted octanol–water partition coefficient (Wildman–Crippen LogP) is 3.05. The summed E-state index contributed by atoms with van der Waals surface area (Å²) in [6.07, 6.45) is -0.0376. The van der Waals surface area contributed by atoms with Gasteiger partial charge in [0.05, 0.1) is 18.1 Å². The Morgan fingerprint density at radius 2 is 2.03 bits per heavy atom. The number of carbonyl (C=O) groups is 2. The van der Waals surface area contributed by atoms with Crippen LogP contribution in [0.1, 0.15) is 31.9 Å². The summed E-state index contributed by atoms with van der Waals surface area (Å²) in [7, 11) is 0. The van der Waals surface area contributed by atoms with E-state index < -0.39 is 18.9 Å². The molecular formula is C22H25F3N4O4. The summed E-state index contributed by atoms with van der Waals surface area (Å²) < 4.78 is 46.8. The lowest BCUT2D eigenvalue weighted by atomic mass is 9.98. The van der Waals surface area contributed by atoms with E-state index in [9.17, 15) is 22.8 Å². The normalized spacial score (nSPS) is 17.2. The van der Waals surface area contributed by atoms with Gasteiger partial charge in [0.1, 0.15) is 5.75 Å². The summed E-state index contributed by atoms with van der Waals surface area (Å²) in [6.45, 7) is 0.910. The predicted molar refractivity (Wildman–Crippen MR) is 113 cm³/mol. The molecule has 2 aromatic rings. The van der Waals surface area contributed by atoms with Crippen molar-refractivity contribution in [1.29, 1.82) is 0 Å². The summed E-state index contributed by atoms with van der Waals surface area (Å²) in [5.74, 6) is -0.693. The van der Waals surface area contributed by atoms with Gasteiger partial charge in [0, 0.05) is 30.6 Å². The third-order valence-corrected chi connectivity index (χ3v) is 5.29. The number of halogens is 3. The molecule has 33 heavy (non-hydrogen) atoms. The third kappa shape index (κ3) is 6.80. The van der Waals surface area contributed by atoms with E-state index in [-0.39, 0.29) is 29.4 Å². The second-order valence-corrected chi connectivity index (χ2v) is 7.67. The molecule has 0 bridgehead atoms. The van der Waals surface area contributed by atoms with Crippen molar-refractivity contribution in [2.75, 3.05) is 18.1 Å². The van der Waals surface area contributed by atoms with Crippen molar-refractivity contribution < 1.29 is 32.2 Å². The Morgan fingerprint density at radius 1 is 1.24 bits per heavy atom. The first-order valence-electron chi connectivity index (χ1n) is 10.5. The van der Waals surface area contributed by atoms with E-state index in [2.05, 4.69) is 14.7 Å². The lowest BCUT2D eigenvalue weighted by molar-refractivity contribution is -0.154. The molecule has 1 fully saturated rings. The Kier molecular flexibility index (Phi) is 7.72. The van der Waals surface area contributed by atoms with Gasteiger partial charge in [0.2, 0.25) is 11.8 Å². The first-order chi connectivity index (χ1) is 15.7. The van der Waals surface area contributed by atoms with E-state index in [0.29, 0.717) is 37.9 Å². The van der Waals surface area contributed by atoms with Gasteiger partial charge in [-0.25, -0.2) is 4.98 Å². The van der Waals surface area contributed by atoms with Crippen LogP contribution in [0.2, 0.25) is 0 Å². The van der Waals surface area contributed by atoms with E-state index in [1.165, 1.54) is 18.3 Å². The maximum Gasteiger partial charge on any atom is 0.422 e. The van der Waals surface area contributed by atoms with Crippen LogP contribution in [0.15, 0.2) is 36.7 Å². The van der Waals surface area contributed by atoms with Gasteiger partial charge in [-0.1, -0.05) is 6.92 Å². The molecule has 0 radical (unpaired) electrons. The largest absolute Gasteiger partial charge is 0.479 e. The van der Waals surface area contributed by atoms with Crippen LogP contribution in [0.4, 0.5) is 18.9 Å². The average Bonchev–Trinajstić information content (AvgIpc) is 3.13. The third-order valence-electron chi connectivity index (χ3n) is 5.29. The number of ether oxygens (including phenoxy) is 2. The van der Waals surface area contributed by atoms with Crippen LogP contribution in [-0.2, 0) is 16.0 Å². The van der Waals surface area contributed by atoms with Crippen LogP contribution in [0.3, 0.4) is 0 Å². The number of primary amides is 1. The fraction of sp³-hybridized carbons (Fsp3) is 0.455. The van der Waals surface area contributed by atoms with Gasteiger partial charge >= 0.3 is 6.18 Å². The molecule has 3 heterocycles. The van der Waals surface area contributed by atoms with Crippen molar-refractivity contribution in [1.82, 2.24) is 9.97 Å². The lowest BCUT2D eigenvalue weighted by Crippen LogP contribution is -2.32. The van der Waals surface area contributed by atoms with Crippen LogP contribution in [-0.4, -0.2) is 47.2 Å². The fourth-order valence-electron chi connectivity index (χ4n) is 3.46. The minimum atomic E-state index is -4.45. The van der Waals surface area contributed by atoms with Crippen molar-refractivity contribution in [3.05, 3.63) is 42.4 Å². The molecule has 2 N–H and O–H groups in total. The Balaban J connectivity index is 1.53. The maximum absolute atomic E-state index is 12.8. The quantitative estimate of drug-likeness (QED) is 0.577. The number of aryl methyl sites for hydroxylation is 1. The number of amides is 2. The lowest BCUT2D eigenvalue weighted by Gasteiger charge is -2.17. The van der Waals surface area contributed by atoms with Crippen molar-refractivity contribution in [2.24, 2.45) is 11.7 Å². The van der Waals surface area contributed by atoms with Gasteiger partial charge in [-0.3, -0.25) is 14.6 Å². The Morgan fingerprint density at radius 3 is 2.61 bits per heavy atom. The molecule has 0 aromatic carbocycles.